The van der Waals surface area contributed by atoms with Crippen molar-refractivity contribution in [2.45, 2.75) is 13.0 Å². The van der Waals surface area contributed by atoms with Crippen LogP contribution in [0.3, 0.4) is 0 Å². The van der Waals surface area contributed by atoms with Gasteiger partial charge in [0.2, 0.25) is 0 Å². The molecule has 0 bridgehead atoms. The number of carbonyl (C=O) groups excluding carboxylic acids is 1. The van der Waals surface area contributed by atoms with Crippen molar-refractivity contribution in [2.75, 3.05) is 14.2 Å². The third kappa shape index (κ3) is 3.49. The highest BCUT2D eigenvalue weighted by molar-refractivity contribution is 5.85. The average molecular weight is 353 g/mol. The summed E-state index contributed by atoms with van der Waals surface area (Å²) in [6.07, 6.45) is 1.53. The molecule has 0 aliphatic rings. The summed E-state index contributed by atoms with van der Waals surface area (Å²) in [5, 5.41) is 12.1. The third-order valence-corrected chi connectivity index (χ3v) is 3.92. The number of methoxy groups -OCH3 is 2. The largest absolute Gasteiger partial charge is 0.493 e. The van der Waals surface area contributed by atoms with Crippen molar-refractivity contribution in [3.8, 4) is 11.5 Å². The van der Waals surface area contributed by atoms with Crippen molar-refractivity contribution in [1.82, 2.24) is 20.4 Å². The van der Waals surface area contributed by atoms with Crippen LogP contribution in [0, 0.1) is 0 Å². The van der Waals surface area contributed by atoms with Crippen LogP contribution in [-0.2, 0) is 4.79 Å². The molecule has 1 heterocycles. The minimum absolute atomic E-state index is 0.294. The van der Waals surface area contributed by atoms with Crippen molar-refractivity contribution >= 4 is 23.2 Å². The zero-order valence-corrected chi connectivity index (χ0v) is 14.7. The Morgan fingerprint density at radius 2 is 1.96 bits per heavy atom. The molecule has 0 saturated carbocycles. The van der Waals surface area contributed by atoms with Gasteiger partial charge in [0.1, 0.15) is 11.6 Å². The summed E-state index contributed by atoms with van der Waals surface area (Å²) in [6.45, 7) is 1.74. The molecule has 2 aromatic carbocycles. The van der Waals surface area contributed by atoms with Crippen LogP contribution < -0.4 is 14.9 Å². The van der Waals surface area contributed by atoms with Gasteiger partial charge in [-0.25, -0.2) is 10.1 Å². The molecular formula is C18H19N5O3. The predicted molar refractivity (Wildman–Crippen MR) is 97.5 cm³/mol. The fourth-order valence-corrected chi connectivity index (χ4v) is 2.48. The summed E-state index contributed by atoms with van der Waals surface area (Å²) in [5.74, 6) is 0.919. The summed E-state index contributed by atoms with van der Waals surface area (Å²) in [4.78, 5) is 12.3. The second-order valence-electron chi connectivity index (χ2n) is 5.55. The Morgan fingerprint density at radius 3 is 2.73 bits per heavy atom. The maximum atomic E-state index is 12.3. The van der Waals surface area contributed by atoms with Crippen LogP contribution in [0.4, 0.5) is 0 Å². The van der Waals surface area contributed by atoms with Crippen LogP contribution in [-0.4, -0.2) is 41.3 Å². The Morgan fingerprint density at radius 1 is 1.19 bits per heavy atom. The minimum atomic E-state index is -0.551. The molecule has 0 unspecified atom stereocenters. The zero-order chi connectivity index (χ0) is 18.5. The number of amides is 1. The molecule has 0 spiro atoms. The van der Waals surface area contributed by atoms with Crippen LogP contribution >= 0.6 is 0 Å². The van der Waals surface area contributed by atoms with E-state index in [1.165, 1.54) is 6.21 Å². The van der Waals surface area contributed by atoms with Gasteiger partial charge in [-0.05, 0) is 42.8 Å². The Balaban J connectivity index is 1.69. The van der Waals surface area contributed by atoms with Crippen molar-refractivity contribution in [3.63, 3.8) is 0 Å². The van der Waals surface area contributed by atoms with Gasteiger partial charge >= 0.3 is 0 Å². The molecule has 3 rings (SSSR count). The topological polar surface area (TPSA) is 90.6 Å². The normalized spacial score (nSPS) is 12.3. The van der Waals surface area contributed by atoms with Gasteiger partial charge in [-0.15, -0.1) is 5.10 Å². The lowest BCUT2D eigenvalue weighted by Gasteiger charge is -2.10. The second-order valence-corrected chi connectivity index (χ2v) is 5.55. The number of ether oxygens (including phenoxy) is 2. The number of nitrogens with one attached hydrogen (secondary N) is 1. The van der Waals surface area contributed by atoms with E-state index in [0.29, 0.717) is 11.5 Å². The lowest BCUT2D eigenvalue weighted by Crippen LogP contribution is -2.28. The summed E-state index contributed by atoms with van der Waals surface area (Å²) < 4.78 is 12.0. The Bertz CT molecular complexity index is 951. The SMILES string of the molecule is COc1ccc(C=NNC(=O)[C@@H](C)n2nnc3ccccc32)cc1OC. The van der Waals surface area contributed by atoms with Crippen LogP contribution in [0.15, 0.2) is 47.6 Å². The van der Waals surface area contributed by atoms with Crippen molar-refractivity contribution in [3.05, 3.63) is 48.0 Å². The molecule has 134 valence electrons. The number of benzene rings is 2. The summed E-state index contributed by atoms with van der Waals surface area (Å²) in [6, 6.07) is 12.3. The summed E-state index contributed by atoms with van der Waals surface area (Å²) in [5.41, 5.74) is 4.81. The van der Waals surface area contributed by atoms with Gasteiger partial charge < -0.3 is 9.47 Å². The van der Waals surface area contributed by atoms with Gasteiger partial charge in [0.25, 0.3) is 5.91 Å². The van der Waals surface area contributed by atoms with Gasteiger partial charge in [0.05, 0.1) is 26.0 Å². The quantitative estimate of drug-likeness (QED) is 0.542. The average Bonchev–Trinajstić information content (AvgIpc) is 3.11. The molecule has 0 saturated heterocycles. The minimum Gasteiger partial charge on any atom is -0.493 e. The molecule has 0 radical (unpaired) electrons. The smallest absolute Gasteiger partial charge is 0.264 e. The van der Waals surface area contributed by atoms with E-state index >= 15 is 0 Å². The lowest BCUT2D eigenvalue weighted by atomic mass is 10.2. The van der Waals surface area contributed by atoms with E-state index in [4.69, 9.17) is 9.47 Å². The first-order valence-electron chi connectivity index (χ1n) is 7.99. The van der Waals surface area contributed by atoms with E-state index in [1.54, 1.807) is 38.0 Å². The highest BCUT2D eigenvalue weighted by Gasteiger charge is 2.18. The fourth-order valence-electron chi connectivity index (χ4n) is 2.48. The fraction of sp³-hybridized carbons (Fsp3) is 0.222. The molecule has 0 aliphatic carbocycles. The van der Waals surface area contributed by atoms with Crippen LogP contribution in [0.25, 0.3) is 11.0 Å². The van der Waals surface area contributed by atoms with E-state index < -0.39 is 6.04 Å². The molecule has 1 amide bonds. The number of nitrogens with zero attached hydrogens (tertiary/aromatic N) is 4. The standard InChI is InChI=1S/C18H19N5O3/c1-12(23-15-7-5-4-6-14(15)20-22-23)18(24)21-19-11-13-8-9-16(25-2)17(10-13)26-3/h4-12H,1-3H3,(H,21,24)/t12-/m1/s1. The third-order valence-electron chi connectivity index (χ3n) is 3.92. The molecule has 3 aromatic rings. The maximum absolute atomic E-state index is 12.3. The van der Waals surface area contributed by atoms with Crippen LogP contribution in [0.1, 0.15) is 18.5 Å². The molecule has 8 heteroatoms. The van der Waals surface area contributed by atoms with E-state index in [-0.39, 0.29) is 5.91 Å². The molecule has 0 fully saturated rings. The number of para-hydroxylation sites is 1. The van der Waals surface area contributed by atoms with Crippen molar-refractivity contribution in [1.29, 1.82) is 0 Å². The highest BCUT2D eigenvalue weighted by Crippen LogP contribution is 2.26. The Kier molecular flexibility index (Phi) is 5.12. The number of carbonyl (C=O) groups is 1. The zero-order valence-electron chi connectivity index (χ0n) is 14.7. The molecule has 26 heavy (non-hydrogen) atoms. The van der Waals surface area contributed by atoms with Crippen molar-refractivity contribution < 1.29 is 14.3 Å². The second kappa shape index (κ2) is 7.64. The van der Waals surface area contributed by atoms with Gasteiger partial charge in [-0.2, -0.15) is 5.10 Å². The van der Waals surface area contributed by atoms with Gasteiger partial charge in [0, 0.05) is 0 Å². The van der Waals surface area contributed by atoms with E-state index in [1.807, 2.05) is 30.3 Å². The number of rotatable bonds is 6. The molecule has 1 aromatic heterocycles. The molecular weight excluding hydrogens is 334 g/mol. The molecule has 1 atom stereocenters. The first kappa shape index (κ1) is 17.4. The van der Waals surface area contributed by atoms with E-state index in [9.17, 15) is 4.79 Å². The maximum Gasteiger partial charge on any atom is 0.264 e. The van der Waals surface area contributed by atoms with Crippen LogP contribution in [0.2, 0.25) is 0 Å². The van der Waals surface area contributed by atoms with Gasteiger partial charge in [-0.3, -0.25) is 4.79 Å². The van der Waals surface area contributed by atoms with E-state index in [0.717, 1.165) is 16.6 Å². The van der Waals surface area contributed by atoms with E-state index in [2.05, 4.69) is 20.8 Å². The summed E-state index contributed by atoms with van der Waals surface area (Å²) >= 11 is 0. The number of hydrazone groups is 1. The molecule has 1 N–H and O–H groups in total. The van der Waals surface area contributed by atoms with Gasteiger partial charge in [-0.1, -0.05) is 17.3 Å². The first-order valence-corrected chi connectivity index (χ1v) is 7.99. The number of hydrogen-bond acceptors (Lipinski definition) is 6. The van der Waals surface area contributed by atoms with Gasteiger partial charge in [0.15, 0.2) is 11.5 Å². The number of aromatic nitrogens is 3. The van der Waals surface area contributed by atoms with Crippen molar-refractivity contribution in [2.24, 2.45) is 5.10 Å². The number of hydrogen-bond donors (Lipinski definition) is 1. The monoisotopic (exact) mass is 353 g/mol. The summed E-state index contributed by atoms with van der Waals surface area (Å²) in [7, 11) is 3.13. The van der Waals surface area contributed by atoms with Crippen LogP contribution in [0.5, 0.6) is 11.5 Å². The number of fused-ring (bicyclic) bond motifs is 1. The molecule has 8 nitrogen and oxygen atoms in total. The lowest BCUT2D eigenvalue weighted by molar-refractivity contribution is -0.124. The Labute approximate surface area is 150 Å². The highest BCUT2D eigenvalue weighted by atomic mass is 16.5. The predicted octanol–water partition coefficient (Wildman–Crippen LogP) is 2.16. The molecule has 0 aliphatic heterocycles. The first-order chi connectivity index (χ1) is 12.6. The Hall–Kier alpha value is -3.42.